The summed E-state index contributed by atoms with van der Waals surface area (Å²) in [5.41, 5.74) is 1.71. The van der Waals surface area contributed by atoms with Crippen LogP contribution < -0.4 is 11.1 Å². The molecule has 2 aromatic heterocycles. The van der Waals surface area contributed by atoms with Gasteiger partial charge in [-0.2, -0.15) is 0 Å². The third kappa shape index (κ3) is 3.61. The van der Waals surface area contributed by atoms with Gasteiger partial charge in [0.1, 0.15) is 5.82 Å². The number of ether oxygens (including phenoxy) is 1. The van der Waals surface area contributed by atoms with E-state index in [0.717, 1.165) is 11.3 Å². The van der Waals surface area contributed by atoms with Gasteiger partial charge in [0.05, 0.1) is 17.7 Å². The Morgan fingerprint density at radius 2 is 2.12 bits per heavy atom. The van der Waals surface area contributed by atoms with E-state index in [0.29, 0.717) is 30.2 Å². The van der Waals surface area contributed by atoms with E-state index in [4.69, 9.17) is 9.15 Å². The van der Waals surface area contributed by atoms with Gasteiger partial charge in [-0.3, -0.25) is 4.57 Å². The summed E-state index contributed by atoms with van der Waals surface area (Å²) >= 11 is 0. The largest absolute Gasteiger partial charge is 0.462 e. The molecule has 4 rings (SSSR count). The monoisotopic (exact) mass is 353 g/mol. The van der Waals surface area contributed by atoms with E-state index < -0.39 is 11.7 Å². The number of aryl methyl sites for hydroxylation is 1. The van der Waals surface area contributed by atoms with Crippen molar-refractivity contribution in [1.29, 1.82) is 0 Å². The first-order chi connectivity index (χ1) is 12.7. The van der Waals surface area contributed by atoms with Gasteiger partial charge >= 0.3 is 11.7 Å². The molecule has 1 aromatic carbocycles. The number of hydrogen-bond donors (Lipinski definition) is 1. The van der Waals surface area contributed by atoms with Crippen LogP contribution in [-0.2, 0) is 11.3 Å². The molecular formula is C19H19N3O4. The molecule has 0 saturated heterocycles. The molecule has 1 saturated carbocycles. The standard InChI is InChI=1S/C19H19N3O4/c23-18(13-6-9-17(20-12-13)21-14-7-8-14)25-11-3-10-22-15-4-1-2-5-16(15)26-19(22)24/h1-2,4-6,9,12,14H,3,7-8,10-11H2,(H,20,21). The number of nitrogens with one attached hydrogen (secondary N) is 1. The van der Waals surface area contributed by atoms with E-state index >= 15 is 0 Å². The fourth-order valence-corrected chi connectivity index (χ4v) is 2.73. The van der Waals surface area contributed by atoms with E-state index in [1.54, 1.807) is 22.8 Å². The van der Waals surface area contributed by atoms with Gasteiger partial charge in [-0.15, -0.1) is 0 Å². The molecule has 0 unspecified atom stereocenters. The summed E-state index contributed by atoms with van der Waals surface area (Å²) in [6, 6.07) is 11.2. The molecule has 1 fully saturated rings. The number of fused-ring (bicyclic) bond motifs is 1. The molecule has 7 nitrogen and oxygen atoms in total. The van der Waals surface area contributed by atoms with Gasteiger partial charge in [-0.1, -0.05) is 12.1 Å². The van der Waals surface area contributed by atoms with Crippen molar-refractivity contribution in [3.8, 4) is 0 Å². The third-order valence-corrected chi connectivity index (χ3v) is 4.26. The van der Waals surface area contributed by atoms with Crippen molar-refractivity contribution in [3.05, 3.63) is 58.7 Å². The summed E-state index contributed by atoms with van der Waals surface area (Å²) < 4.78 is 12.0. The highest BCUT2D eigenvalue weighted by molar-refractivity contribution is 5.89. The summed E-state index contributed by atoms with van der Waals surface area (Å²) in [5.74, 6) is -0.0457. The van der Waals surface area contributed by atoms with Gasteiger partial charge in [0.2, 0.25) is 0 Å². The zero-order chi connectivity index (χ0) is 17.9. The van der Waals surface area contributed by atoms with E-state index in [-0.39, 0.29) is 6.61 Å². The Balaban J connectivity index is 1.29. The topological polar surface area (TPSA) is 86.4 Å². The van der Waals surface area contributed by atoms with Crippen LogP contribution in [0.4, 0.5) is 5.82 Å². The highest BCUT2D eigenvalue weighted by Gasteiger charge is 2.21. The minimum Gasteiger partial charge on any atom is -0.462 e. The second-order valence-electron chi connectivity index (χ2n) is 6.33. The first-order valence-electron chi connectivity index (χ1n) is 8.69. The number of nitrogens with zero attached hydrogens (tertiary/aromatic N) is 2. The number of hydrogen-bond acceptors (Lipinski definition) is 6. The molecular weight excluding hydrogens is 334 g/mol. The number of pyridine rings is 1. The second-order valence-corrected chi connectivity index (χ2v) is 6.33. The third-order valence-electron chi connectivity index (χ3n) is 4.26. The first-order valence-corrected chi connectivity index (χ1v) is 8.69. The zero-order valence-electron chi connectivity index (χ0n) is 14.2. The van der Waals surface area contributed by atoms with Crippen LogP contribution in [0.1, 0.15) is 29.6 Å². The summed E-state index contributed by atoms with van der Waals surface area (Å²) in [7, 11) is 0. The predicted octanol–water partition coefficient (Wildman–Crippen LogP) is 2.81. The van der Waals surface area contributed by atoms with Crippen molar-refractivity contribution in [3.63, 3.8) is 0 Å². The number of anilines is 1. The van der Waals surface area contributed by atoms with Crippen molar-refractivity contribution in [1.82, 2.24) is 9.55 Å². The lowest BCUT2D eigenvalue weighted by atomic mass is 10.3. The SMILES string of the molecule is O=C(OCCCn1c(=O)oc2ccccc21)c1ccc(NC2CC2)nc1. The quantitative estimate of drug-likeness (QED) is 0.519. The van der Waals surface area contributed by atoms with Crippen molar-refractivity contribution in [2.45, 2.75) is 31.8 Å². The molecule has 1 aliphatic carbocycles. The van der Waals surface area contributed by atoms with Crippen LogP contribution in [0, 0.1) is 0 Å². The molecule has 0 bridgehead atoms. The molecule has 1 aliphatic rings. The van der Waals surface area contributed by atoms with E-state index in [9.17, 15) is 9.59 Å². The van der Waals surface area contributed by atoms with Gasteiger partial charge in [-0.05, 0) is 43.5 Å². The number of carbonyl (C=O) groups is 1. The minimum atomic E-state index is -0.417. The number of rotatable bonds is 7. The molecule has 0 atom stereocenters. The number of aromatic nitrogens is 2. The number of esters is 1. The smallest absolute Gasteiger partial charge is 0.419 e. The lowest BCUT2D eigenvalue weighted by Gasteiger charge is -2.07. The molecule has 0 aliphatic heterocycles. The summed E-state index contributed by atoms with van der Waals surface area (Å²) in [6.07, 6.45) is 4.37. The van der Waals surface area contributed by atoms with Gasteiger partial charge in [0.15, 0.2) is 5.58 Å². The van der Waals surface area contributed by atoms with Crippen molar-refractivity contribution in [2.24, 2.45) is 0 Å². The van der Waals surface area contributed by atoms with Crippen molar-refractivity contribution in [2.75, 3.05) is 11.9 Å². The molecule has 26 heavy (non-hydrogen) atoms. The Bertz CT molecular complexity index is 970. The first kappa shape index (κ1) is 16.4. The number of para-hydroxylation sites is 2. The van der Waals surface area contributed by atoms with Crippen LogP contribution in [0.5, 0.6) is 0 Å². The maximum atomic E-state index is 12.1. The van der Waals surface area contributed by atoms with E-state index in [1.807, 2.05) is 18.2 Å². The van der Waals surface area contributed by atoms with Gasteiger partial charge in [-0.25, -0.2) is 14.6 Å². The Morgan fingerprint density at radius 1 is 1.27 bits per heavy atom. The van der Waals surface area contributed by atoms with Crippen LogP contribution in [0.3, 0.4) is 0 Å². The van der Waals surface area contributed by atoms with Crippen LogP contribution in [-0.4, -0.2) is 28.2 Å². The Hall–Kier alpha value is -3.09. The number of carbonyl (C=O) groups excluding carboxylic acids is 1. The lowest BCUT2D eigenvalue weighted by molar-refractivity contribution is 0.0495. The van der Waals surface area contributed by atoms with Crippen LogP contribution in [0.2, 0.25) is 0 Å². The van der Waals surface area contributed by atoms with Crippen LogP contribution in [0.25, 0.3) is 11.1 Å². The van der Waals surface area contributed by atoms with Crippen molar-refractivity contribution >= 4 is 22.9 Å². The van der Waals surface area contributed by atoms with Gasteiger partial charge in [0.25, 0.3) is 0 Å². The highest BCUT2D eigenvalue weighted by atomic mass is 16.5. The summed E-state index contributed by atoms with van der Waals surface area (Å²) in [6.45, 7) is 0.637. The molecule has 134 valence electrons. The molecule has 1 N–H and O–H groups in total. The molecule has 0 spiro atoms. The predicted molar refractivity (Wildman–Crippen MR) is 96.3 cm³/mol. The second kappa shape index (κ2) is 7.03. The van der Waals surface area contributed by atoms with Crippen molar-refractivity contribution < 1.29 is 13.9 Å². The van der Waals surface area contributed by atoms with E-state index in [1.165, 1.54) is 19.0 Å². The maximum absolute atomic E-state index is 12.1. The fraction of sp³-hybridized carbons (Fsp3) is 0.316. The Morgan fingerprint density at radius 3 is 2.88 bits per heavy atom. The van der Waals surface area contributed by atoms with Crippen LogP contribution >= 0.6 is 0 Å². The molecule has 0 radical (unpaired) electrons. The average molecular weight is 353 g/mol. The van der Waals surface area contributed by atoms with Gasteiger partial charge in [0, 0.05) is 18.8 Å². The molecule has 7 heteroatoms. The lowest BCUT2D eigenvalue weighted by Crippen LogP contribution is -2.16. The van der Waals surface area contributed by atoms with Gasteiger partial charge < -0.3 is 14.5 Å². The average Bonchev–Trinajstić information content (AvgIpc) is 3.41. The summed E-state index contributed by atoms with van der Waals surface area (Å²) in [5, 5.41) is 3.27. The minimum absolute atomic E-state index is 0.215. The van der Waals surface area contributed by atoms with E-state index in [2.05, 4.69) is 10.3 Å². The number of oxazole rings is 1. The normalized spacial score (nSPS) is 13.7. The Kier molecular flexibility index (Phi) is 4.43. The Labute approximate surface area is 149 Å². The molecule has 3 aromatic rings. The summed E-state index contributed by atoms with van der Waals surface area (Å²) in [4.78, 5) is 28.2. The van der Waals surface area contributed by atoms with Crippen LogP contribution in [0.15, 0.2) is 51.8 Å². The highest BCUT2D eigenvalue weighted by Crippen LogP contribution is 2.23. The number of benzene rings is 1. The molecule has 0 amide bonds. The zero-order valence-corrected chi connectivity index (χ0v) is 14.2. The fourth-order valence-electron chi connectivity index (χ4n) is 2.73. The maximum Gasteiger partial charge on any atom is 0.419 e. The molecule has 2 heterocycles.